The molecule has 21 heavy (non-hydrogen) atoms. The minimum absolute atomic E-state index is 0.702. The first-order valence-electron chi connectivity index (χ1n) is 8.34. The van der Waals surface area contributed by atoms with E-state index in [1.807, 2.05) is 0 Å². The molecule has 1 aromatic rings. The molecule has 1 saturated heterocycles. The lowest BCUT2D eigenvalue weighted by Crippen LogP contribution is -2.48. The molecule has 0 saturated carbocycles. The Morgan fingerprint density at radius 1 is 1.29 bits per heavy atom. The molecule has 1 N–H and O–H groups in total. The van der Waals surface area contributed by atoms with Crippen molar-refractivity contribution in [1.82, 2.24) is 20.3 Å². The molecule has 1 aliphatic rings. The standard InChI is InChI=1S/C16H30N4O/c1-4-6-17-12-15-11-16(21-18-15)13-19-7-9-20(10-8-19)14(3)5-2/h11,14,17H,4-10,12-13H2,1-3H3. The summed E-state index contributed by atoms with van der Waals surface area (Å²) in [5, 5.41) is 7.49. The summed E-state index contributed by atoms with van der Waals surface area (Å²) in [5.74, 6) is 0.986. The highest BCUT2D eigenvalue weighted by Gasteiger charge is 2.21. The Morgan fingerprint density at radius 3 is 2.71 bits per heavy atom. The number of rotatable bonds is 8. The van der Waals surface area contributed by atoms with E-state index < -0.39 is 0 Å². The Bertz CT molecular complexity index is 399. The second kappa shape index (κ2) is 8.51. The van der Waals surface area contributed by atoms with Gasteiger partial charge < -0.3 is 9.84 Å². The van der Waals surface area contributed by atoms with Gasteiger partial charge in [-0.1, -0.05) is 19.0 Å². The van der Waals surface area contributed by atoms with E-state index in [1.165, 1.54) is 6.42 Å². The van der Waals surface area contributed by atoms with Gasteiger partial charge in [0.1, 0.15) is 0 Å². The first-order chi connectivity index (χ1) is 10.2. The van der Waals surface area contributed by atoms with Gasteiger partial charge in [0, 0.05) is 44.8 Å². The van der Waals surface area contributed by atoms with Gasteiger partial charge in [0.25, 0.3) is 0 Å². The highest BCUT2D eigenvalue weighted by Crippen LogP contribution is 2.12. The molecule has 0 amide bonds. The molecular formula is C16H30N4O. The van der Waals surface area contributed by atoms with Crippen LogP contribution in [0, 0.1) is 0 Å². The normalized spacial score (nSPS) is 19.0. The van der Waals surface area contributed by atoms with Crippen LogP contribution in [0.2, 0.25) is 0 Å². The average molecular weight is 294 g/mol. The second-order valence-corrected chi connectivity index (χ2v) is 6.03. The maximum atomic E-state index is 5.45. The number of nitrogens with zero attached hydrogens (tertiary/aromatic N) is 3. The average Bonchev–Trinajstić information content (AvgIpc) is 2.95. The van der Waals surface area contributed by atoms with Gasteiger partial charge in [0.05, 0.1) is 12.2 Å². The van der Waals surface area contributed by atoms with Crippen molar-refractivity contribution in [3.63, 3.8) is 0 Å². The van der Waals surface area contributed by atoms with Crippen molar-refractivity contribution < 1.29 is 4.52 Å². The number of nitrogens with one attached hydrogen (secondary N) is 1. The van der Waals surface area contributed by atoms with Crippen molar-refractivity contribution in [1.29, 1.82) is 0 Å². The maximum absolute atomic E-state index is 5.45. The Labute approximate surface area is 128 Å². The van der Waals surface area contributed by atoms with Crippen LogP contribution in [0.5, 0.6) is 0 Å². The largest absolute Gasteiger partial charge is 0.360 e. The van der Waals surface area contributed by atoms with Crippen LogP contribution in [0.4, 0.5) is 0 Å². The Kier molecular flexibility index (Phi) is 6.67. The van der Waals surface area contributed by atoms with Crippen LogP contribution in [0.3, 0.4) is 0 Å². The van der Waals surface area contributed by atoms with Gasteiger partial charge >= 0.3 is 0 Å². The number of hydrogen-bond acceptors (Lipinski definition) is 5. The maximum Gasteiger partial charge on any atom is 0.151 e. The monoisotopic (exact) mass is 294 g/mol. The van der Waals surface area contributed by atoms with Gasteiger partial charge in [-0.05, 0) is 26.3 Å². The van der Waals surface area contributed by atoms with E-state index in [0.29, 0.717) is 6.04 Å². The Morgan fingerprint density at radius 2 is 2.05 bits per heavy atom. The van der Waals surface area contributed by atoms with E-state index in [0.717, 1.165) is 63.7 Å². The Hall–Kier alpha value is -0.910. The predicted octanol–water partition coefficient (Wildman–Crippen LogP) is 2.09. The zero-order valence-electron chi connectivity index (χ0n) is 13.8. The third-order valence-electron chi connectivity index (χ3n) is 4.34. The summed E-state index contributed by atoms with van der Waals surface area (Å²) in [6, 6.07) is 2.79. The van der Waals surface area contributed by atoms with Gasteiger partial charge in [-0.3, -0.25) is 9.80 Å². The first kappa shape index (κ1) is 16.5. The SMILES string of the molecule is CCCNCc1cc(CN2CCN(C(C)CC)CC2)on1. The minimum Gasteiger partial charge on any atom is -0.360 e. The molecule has 0 bridgehead atoms. The van der Waals surface area contributed by atoms with Crippen LogP contribution in [-0.2, 0) is 13.1 Å². The zero-order valence-corrected chi connectivity index (χ0v) is 13.8. The molecule has 2 rings (SSSR count). The van der Waals surface area contributed by atoms with E-state index in [9.17, 15) is 0 Å². The molecule has 5 nitrogen and oxygen atoms in total. The molecular weight excluding hydrogens is 264 g/mol. The lowest BCUT2D eigenvalue weighted by molar-refractivity contribution is 0.0904. The van der Waals surface area contributed by atoms with Gasteiger partial charge in [0.2, 0.25) is 0 Å². The van der Waals surface area contributed by atoms with Gasteiger partial charge in [-0.25, -0.2) is 0 Å². The van der Waals surface area contributed by atoms with Crippen LogP contribution in [0.1, 0.15) is 45.1 Å². The number of hydrogen-bond donors (Lipinski definition) is 1. The highest BCUT2D eigenvalue weighted by atomic mass is 16.5. The van der Waals surface area contributed by atoms with Crippen molar-refractivity contribution in [3.8, 4) is 0 Å². The van der Waals surface area contributed by atoms with Crippen molar-refractivity contribution in [2.75, 3.05) is 32.7 Å². The van der Waals surface area contributed by atoms with Gasteiger partial charge in [0.15, 0.2) is 5.76 Å². The van der Waals surface area contributed by atoms with Crippen LogP contribution in [0.15, 0.2) is 10.6 Å². The summed E-state index contributed by atoms with van der Waals surface area (Å²) >= 11 is 0. The van der Waals surface area contributed by atoms with Crippen LogP contribution >= 0.6 is 0 Å². The van der Waals surface area contributed by atoms with Gasteiger partial charge in [-0.15, -0.1) is 0 Å². The topological polar surface area (TPSA) is 44.5 Å². The van der Waals surface area contributed by atoms with E-state index in [1.54, 1.807) is 0 Å². The van der Waals surface area contributed by atoms with Crippen LogP contribution in [0.25, 0.3) is 0 Å². The molecule has 0 radical (unpaired) electrons. The number of piperazine rings is 1. The summed E-state index contributed by atoms with van der Waals surface area (Å²) < 4.78 is 5.45. The molecule has 120 valence electrons. The van der Waals surface area contributed by atoms with Crippen LogP contribution in [-0.4, -0.2) is 53.7 Å². The molecule has 0 aromatic carbocycles. The summed E-state index contributed by atoms with van der Waals surface area (Å²) in [4.78, 5) is 5.04. The van der Waals surface area contributed by atoms with Crippen molar-refractivity contribution >= 4 is 0 Å². The molecule has 0 spiro atoms. The summed E-state index contributed by atoms with van der Waals surface area (Å²) in [6.45, 7) is 14.0. The van der Waals surface area contributed by atoms with E-state index in [4.69, 9.17) is 4.52 Å². The number of aromatic nitrogens is 1. The van der Waals surface area contributed by atoms with E-state index in [2.05, 4.69) is 47.1 Å². The molecule has 2 heterocycles. The van der Waals surface area contributed by atoms with E-state index >= 15 is 0 Å². The van der Waals surface area contributed by atoms with Crippen molar-refractivity contribution in [2.24, 2.45) is 0 Å². The van der Waals surface area contributed by atoms with E-state index in [-0.39, 0.29) is 0 Å². The third-order valence-corrected chi connectivity index (χ3v) is 4.34. The van der Waals surface area contributed by atoms with Crippen molar-refractivity contribution in [2.45, 2.75) is 52.7 Å². The Balaban J connectivity index is 1.73. The third kappa shape index (κ3) is 5.09. The summed E-state index contributed by atoms with van der Waals surface area (Å²) in [6.07, 6.45) is 2.38. The smallest absolute Gasteiger partial charge is 0.151 e. The lowest BCUT2D eigenvalue weighted by atomic mass is 10.2. The molecule has 0 aliphatic carbocycles. The molecule has 1 fully saturated rings. The second-order valence-electron chi connectivity index (χ2n) is 6.03. The summed E-state index contributed by atoms with van der Waals surface area (Å²) in [7, 11) is 0. The molecule has 1 aromatic heterocycles. The molecule has 1 atom stereocenters. The molecule has 1 aliphatic heterocycles. The van der Waals surface area contributed by atoms with Gasteiger partial charge in [-0.2, -0.15) is 0 Å². The first-order valence-corrected chi connectivity index (χ1v) is 8.34. The van der Waals surface area contributed by atoms with Crippen LogP contribution < -0.4 is 5.32 Å². The quantitative estimate of drug-likeness (QED) is 0.744. The lowest BCUT2D eigenvalue weighted by Gasteiger charge is -2.37. The van der Waals surface area contributed by atoms with Crippen molar-refractivity contribution in [3.05, 3.63) is 17.5 Å². The molecule has 1 unspecified atom stereocenters. The minimum atomic E-state index is 0.702. The highest BCUT2D eigenvalue weighted by molar-refractivity contribution is 5.05. The fourth-order valence-electron chi connectivity index (χ4n) is 2.75. The fraction of sp³-hybridized carbons (Fsp3) is 0.812. The fourth-order valence-corrected chi connectivity index (χ4v) is 2.75. The summed E-state index contributed by atoms with van der Waals surface area (Å²) in [5.41, 5.74) is 1.01. The molecule has 5 heteroatoms. The zero-order chi connectivity index (χ0) is 15.1. The predicted molar refractivity (Wildman–Crippen MR) is 85.1 cm³/mol.